The van der Waals surface area contributed by atoms with E-state index in [1.807, 2.05) is 0 Å². The van der Waals surface area contributed by atoms with Gasteiger partial charge in [0.25, 0.3) is 5.91 Å². The lowest BCUT2D eigenvalue weighted by atomic mass is 9.53. The molecule has 0 atom stereocenters. The number of carbonyl (C=O) groups excluding carboxylic acids is 1. The predicted molar refractivity (Wildman–Crippen MR) is 71.8 cm³/mol. The van der Waals surface area contributed by atoms with Crippen LogP contribution in [0, 0.1) is 17.8 Å². The fourth-order valence-electron chi connectivity index (χ4n) is 5.14. The zero-order chi connectivity index (χ0) is 14.6. The van der Waals surface area contributed by atoms with E-state index < -0.39 is 6.55 Å². The smallest absolute Gasteiger partial charge is 0.333 e. The Morgan fingerprint density at radius 2 is 1.81 bits per heavy atom. The molecule has 4 nitrogen and oxygen atoms in total. The first kappa shape index (κ1) is 13.2. The van der Waals surface area contributed by atoms with E-state index in [0.717, 1.165) is 43.2 Å². The summed E-state index contributed by atoms with van der Waals surface area (Å²) in [6, 6.07) is 1.36. The second kappa shape index (κ2) is 4.52. The van der Waals surface area contributed by atoms with Crippen molar-refractivity contribution in [1.29, 1.82) is 0 Å². The average molecular weight is 295 g/mol. The van der Waals surface area contributed by atoms with Crippen molar-refractivity contribution in [3.05, 3.63) is 18.0 Å². The lowest BCUT2D eigenvalue weighted by molar-refractivity contribution is -0.0168. The molecule has 114 valence electrons. The third-order valence-corrected chi connectivity index (χ3v) is 5.46. The summed E-state index contributed by atoms with van der Waals surface area (Å²) in [5.41, 5.74) is -0.0217. The van der Waals surface area contributed by atoms with E-state index in [1.165, 1.54) is 25.3 Å². The number of hydrogen-bond acceptors (Lipinski definition) is 2. The van der Waals surface area contributed by atoms with E-state index in [4.69, 9.17) is 0 Å². The minimum Gasteiger partial charge on any atom is -0.345 e. The Morgan fingerprint density at radius 3 is 2.29 bits per heavy atom. The van der Waals surface area contributed by atoms with Crippen molar-refractivity contribution >= 4 is 5.91 Å². The summed E-state index contributed by atoms with van der Waals surface area (Å²) in [6.45, 7) is -2.70. The molecule has 1 aromatic heterocycles. The van der Waals surface area contributed by atoms with Gasteiger partial charge in [-0.25, -0.2) is 4.68 Å². The number of amides is 1. The van der Waals surface area contributed by atoms with E-state index in [1.54, 1.807) is 0 Å². The molecular weight excluding hydrogens is 276 g/mol. The van der Waals surface area contributed by atoms with Crippen LogP contribution in [0.5, 0.6) is 0 Å². The molecule has 4 aliphatic rings. The maximum Gasteiger partial charge on any atom is 0.333 e. The molecule has 0 aliphatic heterocycles. The zero-order valence-corrected chi connectivity index (χ0v) is 11.8. The highest BCUT2D eigenvalue weighted by Gasteiger charge is 2.51. The first-order valence-electron chi connectivity index (χ1n) is 7.69. The summed E-state index contributed by atoms with van der Waals surface area (Å²) in [5.74, 6) is 1.89. The molecule has 5 rings (SSSR count). The second-order valence-corrected chi connectivity index (χ2v) is 7.11. The highest BCUT2D eigenvalue weighted by molar-refractivity contribution is 5.92. The van der Waals surface area contributed by atoms with E-state index >= 15 is 0 Å². The van der Waals surface area contributed by atoms with Gasteiger partial charge in [0.15, 0.2) is 0 Å². The molecule has 21 heavy (non-hydrogen) atoms. The number of halogens is 2. The summed E-state index contributed by atoms with van der Waals surface area (Å²) < 4.78 is 25.6. The molecule has 6 heteroatoms. The molecule has 0 unspecified atom stereocenters. The van der Waals surface area contributed by atoms with E-state index in [-0.39, 0.29) is 17.1 Å². The predicted octanol–water partition coefficient (Wildman–Crippen LogP) is 2.98. The van der Waals surface area contributed by atoms with Gasteiger partial charge in [-0.3, -0.25) is 4.79 Å². The van der Waals surface area contributed by atoms with Gasteiger partial charge in [0.1, 0.15) is 5.69 Å². The molecule has 1 amide bonds. The molecule has 0 spiro atoms. The van der Waals surface area contributed by atoms with Gasteiger partial charge < -0.3 is 5.32 Å². The zero-order valence-electron chi connectivity index (χ0n) is 11.8. The van der Waals surface area contributed by atoms with Gasteiger partial charge in [-0.1, -0.05) is 0 Å². The van der Waals surface area contributed by atoms with Crippen LogP contribution >= 0.6 is 0 Å². The third kappa shape index (κ3) is 2.24. The molecule has 4 fully saturated rings. The lowest BCUT2D eigenvalue weighted by Gasteiger charge is -2.56. The fraction of sp³-hybridized carbons (Fsp3) is 0.733. The van der Waals surface area contributed by atoms with Gasteiger partial charge in [-0.2, -0.15) is 13.9 Å². The Balaban J connectivity index is 1.51. The minimum atomic E-state index is -2.70. The van der Waals surface area contributed by atoms with E-state index in [2.05, 4.69) is 10.4 Å². The lowest BCUT2D eigenvalue weighted by Crippen LogP contribution is -2.59. The summed E-state index contributed by atoms with van der Waals surface area (Å²) >= 11 is 0. The number of nitrogens with one attached hydrogen (secondary N) is 1. The van der Waals surface area contributed by atoms with Crippen molar-refractivity contribution in [2.45, 2.75) is 50.6 Å². The second-order valence-electron chi connectivity index (χ2n) is 7.11. The van der Waals surface area contributed by atoms with Gasteiger partial charge >= 0.3 is 6.55 Å². The Kier molecular flexibility index (Phi) is 2.84. The molecule has 4 saturated carbocycles. The molecule has 4 bridgehead atoms. The normalized spacial score (nSPS) is 37.2. The Labute approximate surface area is 121 Å². The molecule has 0 radical (unpaired) electrons. The molecule has 1 aromatic rings. The number of carbonyl (C=O) groups is 1. The van der Waals surface area contributed by atoms with Crippen molar-refractivity contribution < 1.29 is 13.6 Å². The van der Waals surface area contributed by atoms with Crippen molar-refractivity contribution in [2.75, 3.05) is 0 Å². The topological polar surface area (TPSA) is 46.9 Å². The maximum atomic E-state index is 12.5. The van der Waals surface area contributed by atoms with Crippen LogP contribution < -0.4 is 5.32 Å². The van der Waals surface area contributed by atoms with Crippen molar-refractivity contribution in [2.24, 2.45) is 17.8 Å². The monoisotopic (exact) mass is 295 g/mol. The standard InChI is InChI=1S/C15H19F2N3O/c16-14(17)20-2-1-12(19-20)13(21)18-15-6-9-3-10(7-15)5-11(4-9)8-15/h1-2,9-11,14H,3-8H2,(H,18,21). The Morgan fingerprint density at radius 1 is 1.24 bits per heavy atom. The van der Waals surface area contributed by atoms with Gasteiger partial charge in [-0.15, -0.1) is 0 Å². The van der Waals surface area contributed by atoms with Crippen LogP contribution in [0.1, 0.15) is 55.6 Å². The number of nitrogens with zero attached hydrogens (tertiary/aromatic N) is 2. The number of hydrogen-bond donors (Lipinski definition) is 1. The van der Waals surface area contributed by atoms with Gasteiger partial charge in [-0.05, 0) is 62.3 Å². The number of alkyl halides is 2. The minimum absolute atomic E-state index is 0.0889. The van der Waals surface area contributed by atoms with Crippen molar-refractivity contribution in [3.63, 3.8) is 0 Å². The molecule has 1 N–H and O–H groups in total. The Bertz CT molecular complexity index is 534. The van der Waals surface area contributed by atoms with E-state index in [0.29, 0.717) is 4.68 Å². The van der Waals surface area contributed by atoms with Crippen LogP contribution in [0.3, 0.4) is 0 Å². The SMILES string of the molecule is O=C(NC12CC3CC(CC(C3)C1)C2)c1ccn(C(F)F)n1. The molecule has 1 heterocycles. The van der Waals surface area contributed by atoms with E-state index in [9.17, 15) is 13.6 Å². The number of aromatic nitrogens is 2. The van der Waals surface area contributed by atoms with Crippen LogP contribution in [0.2, 0.25) is 0 Å². The third-order valence-electron chi connectivity index (χ3n) is 5.46. The molecule has 0 saturated heterocycles. The Hall–Kier alpha value is -1.46. The fourth-order valence-corrected chi connectivity index (χ4v) is 5.14. The molecule has 4 aliphatic carbocycles. The van der Waals surface area contributed by atoms with Crippen LogP contribution in [-0.2, 0) is 0 Å². The molecule has 0 aromatic carbocycles. The van der Waals surface area contributed by atoms with Gasteiger partial charge in [0, 0.05) is 11.7 Å². The van der Waals surface area contributed by atoms with Crippen LogP contribution in [0.25, 0.3) is 0 Å². The first-order chi connectivity index (χ1) is 10.0. The average Bonchev–Trinajstić information content (AvgIpc) is 2.85. The molecular formula is C15H19F2N3O. The highest BCUT2D eigenvalue weighted by Crippen LogP contribution is 2.55. The van der Waals surface area contributed by atoms with Gasteiger partial charge in [0.2, 0.25) is 0 Å². The van der Waals surface area contributed by atoms with Crippen LogP contribution in [0.4, 0.5) is 8.78 Å². The summed E-state index contributed by atoms with van der Waals surface area (Å²) in [5, 5.41) is 6.80. The summed E-state index contributed by atoms with van der Waals surface area (Å²) in [4.78, 5) is 12.3. The van der Waals surface area contributed by atoms with Crippen molar-refractivity contribution in [3.8, 4) is 0 Å². The first-order valence-corrected chi connectivity index (χ1v) is 7.69. The van der Waals surface area contributed by atoms with Crippen LogP contribution in [-0.4, -0.2) is 21.2 Å². The quantitative estimate of drug-likeness (QED) is 0.932. The van der Waals surface area contributed by atoms with Crippen molar-refractivity contribution in [1.82, 2.24) is 15.1 Å². The maximum absolute atomic E-state index is 12.5. The summed E-state index contributed by atoms with van der Waals surface area (Å²) in [7, 11) is 0. The summed E-state index contributed by atoms with van der Waals surface area (Å²) in [6.07, 6.45) is 8.18. The largest absolute Gasteiger partial charge is 0.345 e. The number of rotatable bonds is 3. The van der Waals surface area contributed by atoms with Gasteiger partial charge in [0.05, 0.1) is 0 Å². The van der Waals surface area contributed by atoms with Crippen LogP contribution in [0.15, 0.2) is 12.3 Å². The highest BCUT2D eigenvalue weighted by atomic mass is 19.3.